The van der Waals surface area contributed by atoms with Crippen LogP contribution in [0.4, 0.5) is 9.18 Å². The second-order valence-corrected chi connectivity index (χ2v) is 10.6. The SMILES string of the molecule is CCCN1C(=O)C2CCC(C(=O)NC3CCCC3)CC2N2C(=O)N(Cc3ccc(F)cc3Cl)NC12. The number of hydrogen-bond donors (Lipinski definition) is 2. The Hall–Kier alpha value is -2.39. The molecule has 2 aliphatic carbocycles. The summed E-state index contributed by atoms with van der Waals surface area (Å²) in [5, 5.41) is 4.89. The lowest BCUT2D eigenvalue weighted by molar-refractivity contribution is -0.158. The van der Waals surface area contributed by atoms with Crippen LogP contribution in [-0.4, -0.2) is 57.6 Å². The van der Waals surface area contributed by atoms with Gasteiger partial charge in [-0.05, 0) is 56.2 Å². The summed E-state index contributed by atoms with van der Waals surface area (Å²) in [7, 11) is 0. The quantitative estimate of drug-likeness (QED) is 0.618. The summed E-state index contributed by atoms with van der Waals surface area (Å²) in [6, 6.07) is 3.74. The van der Waals surface area contributed by atoms with E-state index in [0.29, 0.717) is 31.4 Å². The lowest BCUT2D eigenvalue weighted by atomic mass is 9.75. The van der Waals surface area contributed by atoms with Crippen LogP contribution in [0.1, 0.15) is 63.9 Å². The standard InChI is InChI=1S/C25H33ClFN5O3/c1-2-11-30-23(34)19-10-8-15(22(33)28-18-5-3-4-6-18)12-21(19)32-24(30)29-31(25(32)35)14-16-7-9-17(27)13-20(16)26/h7,9,13,15,18-19,21,24,29H,2-6,8,10-12,14H2,1H3,(H,28,33). The Balaban J connectivity index is 1.37. The number of amides is 4. The molecule has 5 rings (SSSR count). The fraction of sp³-hybridized carbons (Fsp3) is 0.640. The van der Waals surface area contributed by atoms with Crippen molar-refractivity contribution in [1.29, 1.82) is 0 Å². The largest absolute Gasteiger partial charge is 0.353 e. The Morgan fingerprint density at radius 2 is 1.97 bits per heavy atom. The van der Waals surface area contributed by atoms with Crippen molar-refractivity contribution in [1.82, 2.24) is 25.6 Å². The highest BCUT2D eigenvalue weighted by atomic mass is 35.5. The van der Waals surface area contributed by atoms with Gasteiger partial charge >= 0.3 is 6.03 Å². The fourth-order valence-corrected chi connectivity index (χ4v) is 6.38. The number of hydrazine groups is 1. The predicted octanol–water partition coefficient (Wildman–Crippen LogP) is 3.60. The third-order valence-electron chi connectivity index (χ3n) is 7.94. The Morgan fingerprint density at radius 1 is 1.20 bits per heavy atom. The van der Waals surface area contributed by atoms with Crippen molar-refractivity contribution < 1.29 is 18.8 Å². The van der Waals surface area contributed by atoms with Gasteiger partial charge in [-0.25, -0.2) is 9.18 Å². The molecule has 2 heterocycles. The highest BCUT2D eigenvalue weighted by Gasteiger charge is 2.55. The Morgan fingerprint density at radius 3 is 2.69 bits per heavy atom. The maximum atomic E-state index is 13.6. The Bertz CT molecular complexity index is 1000. The number of benzene rings is 1. The van der Waals surface area contributed by atoms with Crippen LogP contribution < -0.4 is 10.7 Å². The number of nitrogens with zero attached hydrogens (tertiary/aromatic N) is 3. The van der Waals surface area contributed by atoms with Crippen LogP contribution in [-0.2, 0) is 16.1 Å². The molecule has 1 aromatic rings. The van der Waals surface area contributed by atoms with Crippen molar-refractivity contribution in [2.75, 3.05) is 6.54 Å². The minimum absolute atomic E-state index is 0.0368. The van der Waals surface area contributed by atoms with E-state index in [1.165, 1.54) is 17.1 Å². The highest BCUT2D eigenvalue weighted by molar-refractivity contribution is 6.31. The van der Waals surface area contributed by atoms with Crippen LogP contribution in [0.2, 0.25) is 5.02 Å². The molecular weight excluding hydrogens is 473 g/mol. The molecule has 4 fully saturated rings. The van der Waals surface area contributed by atoms with Crippen molar-refractivity contribution in [2.24, 2.45) is 11.8 Å². The van der Waals surface area contributed by atoms with Crippen LogP contribution in [0, 0.1) is 17.7 Å². The van der Waals surface area contributed by atoms with Gasteiger partial charge in [-0.1, -0.05) is 37.4 Å². The van der Waals surface area contributed by atoms with Crippen molar-refractivity contribution in [2.45, 2.75) is 83.2 Å². The van der Waals surface area contributed by atoms with E-state index in [0.717, 1.165) is 32.1 Å². The number of halogens is 2. The fourth-order valence-electron chi connectivity index (χ4n) is 6.15. The number of carbonyl (C=O) groups is 3. The molecule has 4 aliphatic rings. The second kappa shape index (κ2) is 9.93. The van der Waals surface area contributed by atoms with Gasteiger partial charge < -0.3 is 10.2 Å². The zero-order valence-corrected chi connectivity index (χ0v) is 20.8. The minimum Gasteiger partial charge on any atom is -0.353 e. The number of hydrogen-bond acceptors (Lipinski definition) is 4. The molecule has 190 valence electrons. The van der Waals surface area contributed by atoms with E-state index in [4.69, 9.17) is 11.6 Å². The highest BCUT2D eigenvalue weighted by Crippen LogP contribution is 2.41. The third-order valence-corrected chi connectivity index (χ3v) is 8.29. The second-order valence-electron chi connectivity index (χ2n) is 10.2. The molecule has 4 unspecified atom stereocenters. The Labute approximate surface area is 210 Å². The van der Waals surface area contributed by atoms with Gasteiger partial charge in [0.25, 0.3) is 0 Å². The average Bonchev–Trinajstić information content (AvgIpc) is 3.46. The molecule has 35 heavy (non-hydrogen) atoms. The predicted molar refractivity (Wildman–Crippen MR) is 128 cm³/mol. The maximum Gasteiger partial charge on any atom is 0.337 e. The van der Waals surface area contributed by atoms with Gasteiger partial charge in [0.2, 0.25) is 11.8 Å². The number of rotatable bonds is 6. The lowest BCUT2D eigenvalue weighted by Gasteiger charge is -2.49. The van der Waals surface area contributed by atoms with E-state index >= 15 is 0 Å². The van der Waals surface area contributed by atoms with Gasteiger partial charge in [0, 0.05) is 29.6 Å². The summed E-state index contributed by atoms with van der Waals surface area (Å²) in [4.78, 5) is 43.6. The summed E-state index contributed by atoms with van der Waals surface area (Å²) in [6.45, 7) is 2.67. The molecule has 0 radical (unpaired) electrons. The van der Waals surface area contributed by atoms with Crippen LogP contribution in [0.5, 0.6) is 0 Å². The van der Waals surface area contributed by atoms with Gasteiger partial charge in [-0.3, -0.25) is 19.5 Å². The molecule has 2 saturated heterocycles. The van der Waals surface area contributed by atoms with Crippen molar-refractivity contribution >= 4 is 29.4 Å². The molecule has 2 saturated carbocycles. The zero-order valence-electron chi connectivity index (χ0n) is 20.0. The van der Waals surface area contributed by atoms with E-state index in [-0.39, 0.29) is 53.3 Å². The van der Waals surface area contributed by atoms with E-state index in [2.05, 4.69) is 10.7 Å². The summed E-state index contributed by atoms with van der Waals surface area (Å²) in [5.41, 5.74) is 3.80. The van der Waals surface area contributed by atoms with Crippen molar-refractivity contribution in [3.8, 4) is 0 Å². The number of nitrogens with one attached hydrogen (secondary N) is 2. The monoisotopic (exact) mass is 505 g/mol. The summed E-state index contributed by atoms with van der Waals surface area (Å²) in [5.74, 6) is -0.881. The van der Waals surface area contributed by atoms with E-state index < -0.39 is 12.1 Å². The molecule has 2 N–H and O–H groups in total. The number of fused-ring (bicyclic) bond motifs is 3. The van der Waals surface area contributed by atoms with Crippen LogP contribution in [0.25, 0.3) is 0 Å². The first-order valence-electron chi connectivity index (χ1n) is 12.8. The lowest BCUT2D eigenvalue weighted by Crippen LogP contribution is -2.67. The first-order valence-corrected chi connectivity index (χ1v) is 13.2. The van der Waals surface area contributed by atoms with Gasteiger partial charge in [0.05, 0.1) is 12.5 Å². The topological polar surface area (TPSA) is 85.0 Å². The summed E-state index contributed by atoms with van der Waals surface area (Å²) >= 11 is 6.22. The minimum atomic E-state index is -0.605. The zero-order chi connectivity index (χ0) is 24.7. The molecule has 8 nitrogen and oxygen atoms in total. The average molecular weight is 506 g/mol. The molecular formula is C25H33ClFN5O3. The number of urea groups is 1. The Kier molecular flexibility index (Phi) is 6.90. The van der Waals surface area contributed by atoms with Crippen LogP contribution >= 0.6 is 11.6 Å². The molecule has 4 atom stereocenters. The molecule has 2 aliphatic heterocycles. The molecule has 4 amide bonds. The molecule has 0 aromatic heterocycles. The number of carbonyl (C=O) groups excluding carboxylic acids is 3. The van der Waals surface area contributed by atoms with Gasteiger partial charge in [-0.15, -0.1) is 0 Å². The normalized spacial score (nSPS) is 28.9. The third kappa shape index (κ3) is 4.60. The smallest absolute Gasteiger partial charge is 0.337 e. The molecule has 0 bridgehead atoms. The van der Waals surface area contributed by atoms with Gasteiger partial charge in [-0.2, -0.15) is 5.43 Å². The summed E-state index contributed by atoms with van der Waals surface area (Å²) < 4.78 is 13.5. The van der Waals surface area contributed by atoms with Gasteiger partial charge in [0.15, 0.2) is 6.29 Å². The molecule has 10 heteroatoms. The van der Waals surface area contributed by atoms with E-state index in [1.807, 2.05) is 6.92 Å². The summed E-state index contributed by atoms with van der Waals surface area (Å²) in [6.07, 6.45) is 6.21. The van der Waals surface area contributed by atoms with Crippen LogP contribution in [0.15, 0.2) is 18.2 Å². The van der Waals surface area contributed by atoms with E-state index in [9.17, 15) is 18.8 Å². The molecule has 1 aromatic carbocycles. The van der Waals surface area contributed by atoms with Crippen LogP contribution in [0.3, 0.4) is 0 Å². The van der Waals surface area contributed by atoms with Crippen molar-refractivity contribution in [3.05, 3.63) is 34.6 Å². The van der Waals surface area contributed by atoms with Gasteiger partial charge in [0.1, 0.15) is 5.82 Å². The first-order chi connectivity index (χ1) is 16.9. The first kappa shape index (κ1) is 24.3. The maximum absolute atomic E-state index is 13.6. The van der Waals surface area contributed by atoms with Crippen molar-refractivity contribution in [3.63, 3.8) is 0 Å². The van der Waals surface area contributed by atoms with E-state index in [1.54, 1.807) is 15.9 Å². The molecule has 0 spiro atoms.